The molecule has 0 bridgehead atoms. The van der Waals surface area contributed by atoms with Crippen molar-refractivity contribution in [2.45, 2.75) is 26.9 Å². The summed E-state index contributed by atoms with van der Waals surface area (Å²) < 4.78 is 5.17. The maximum absolute atomic E-state index is 12.1. The lowest BCUT2D eigenvalue weighted by Gasteiger charge is -2.29. The molecule has 1 fully saturated rings. The average molecular weight is 276 g/mol. The number of carbonyl (C=O) groups excluding carboxylic acids is 1. The Morgan fingerprint density at radius 3 is 2.50 bits per heavy atom. The first-order valence-corrected chi connectivity index (χ1v) is 7.19. The third-order valence-corrected chi connectivity index (χ3v) is 4.13. The molecule has 1 aromatic rings. The summed E-state index contributed by atoms with van der Waals surface area (Å²) in [6.45, 7) is 7.80. The topological polar surface area (TPSA) is 41.6 Å². The van der Waals surface area contributed by atoms with Gasteiger partial charge in [-0.05, 0) is 29.5 Å². The quantitative estimate of drug-likeness (QED) is 0.898. The third kappa shape index (κ3) is 3.12. The SMILES string of the molecule is COc1ccc(C2NCC(=O)N2CC(C)C(C)C)cc1. The Hall–Kier alpha value is -1.55. The van der Waals surface area contributed by atoms with Crippen LogP contribution in [0.15, 0.2) is 24.3 Å². The van der Waals surface area contributed by atoms with Gasteiger partial charge in [-0.1, -0.05) is 32.9 Å². The number of nitrogens with zero attached hydrogens (tertiary/aromatic N) is 1. The molecule has 0 aromatic heterocycles. The monoisotopic (exact) mass is 276 g/mol. The average Bonchev–Trinajstić information content (AvgIpc) is 2.80. The zero-order valence-electron chi connectivity index (χ0n) is 12.7. The first kappa shape index (κ1) is 14.9. The molecule has 0 aliphatic carbocycles. The van der Waals surface area contributed by atoms with Crippen LogP contribution in [0.1, 0.15) is 32.5 Å². The number of ether oxygens (including phenoxy) is 1. The second-order valence-corrected chi connectivity index (χ2v) is 5.82. The van der Waals surface area contributed by atoms with Crippen LogP contribution in [0.2, 0.25) is 0 Å². The number of rotatable bonds is 5. The fraction of sp³-hybridized carbons (Fsp3) is 0.562. The maximum atomic E-state index is 12.1. The van der Waals surface area contributed by atoms with E-state index in [1.807, 2.05) is 29.2 Å². The van der Waals surface area contributed by atoms with Gasteiger partial charge >= 0.3 is 0 Å². The Bertz CT molecular complexity index is 456. The molecule has 2 unspecified atom stereocenters. The number of benzene rings is 1. The molecule has 2 atom stereocenters. The summed E-state index contributed by atoms with van der Waals surface area (Å²) in [6, 6.07) is 7.90. The van der Waals surface area contributed by atoms with E-state index in [-0.39, 0.29) is 12.1 Å². The molecule has 1 aromatic carbocycles. The van der Waals surface area contributed by atoms with Gasteiger partial charge in [0, 0.05) is 6.54 Å². The van der Waals surface area contributed by atoms with Crippen molar-refractivity contribution in [3.8, 4) is 5.75 Å². The minimum atomic E-state index is -0.0189. The summed E-state index contributed by atoms with van der Waals surface area (Å²) in [5.74, 6) is 2.07. The van der Waals surface area contributed by atoms with Crippen molar-refractivity contribution in [3.05, 3.63) is 29.8 Å². The number of hydrogen-bond acceptors (Lipinski definition) is 3. The molecule has 4 nitrogen and oxygen atoms in total. The van der Waals surface area contributed by atoms with Crippen LogP contribution >= 0.6 is 0 Å². The number of methoxy groups -OCH3 is 1. The van der Waals surface area contributed by atoms with Gasteiger partial charge in [-0.25, -0.2) is 0 Å². The summed E-state index contributed by atoms with van der Waals surface area (Å²) in [5.41, 5.74) is 1.10. The van der Waals surface area contributed by atoms with Gasteiger partial charge in [0.05, 0.1) is 13.7 Å². The molecule has 1 heterocycles. The highest BCUT2D eigenvalue weighted by Gasteiger charge is 2.32. The van der Waals surface area contributed by atoms with Gasteiger partial charge in [0.25, 0.3) is 0 Å². The number of amides is 1. The predicted octanol–water partition coefficient (Wildman–Crippen LogP) is 2.42. The second-order valence-electron chi connectivity index (χ2n) is 5.82. The third-order valence-electron chi connectivity index (χ3n) is 4.13. The Balaban J connectivity index is 2.14. The summed E-state index contributed by atoms with van der Waals surface area (Å²) >= 11 is 0. The van der Waals surface area contributed by atoms with E-state index in [2.05, 4.69) is 26.1 Å². The van der Waals surface area contributed by atoms with Crippen LogP contribution in [0.4, 0.5) is 0 Å². The van der Waals surface area contributed by atoms with Crippen LogP contribution in [0.25, 0.3) is 0 Å². The zero-order chi connectivity index (χ0) is 14.7. The van der Waals surface area contributed by atoms with Gasteiger partial charge < -0.3 is 9.64 Å². The predicted molar refractivity (Wildman–Crippen MR) is 79.5 cm³/mol. The Morgan fingerprint density at radius 1 is 1.30 bits per heavy atom. The molecule has 0 spiro atoms. The molecule has 110 valence electrons. The van der Waals surface area contributed by atoms with Gasteiger partial charge in [0.15, 0.2) is 0 Å². The molecular formula is C16H24N2O2. The first-order chi connectivity index (χ1) is 9.52. The Kier molecular flexibility index (Phi) is 4.65. The van der Waals surface area contributed by atoms with Crippen LogP contribution in [0.3, 0.4) is 0 Å². The van der Waals surface area contributed by atoms with Gasteiger partial charge in [0.1, 0.15) is 11.9 Å². The van der Waals surface area contributed by atoms with Gasteiger partial charge in [-0.15, -0.1) is 0 Å². The molecule has 0 radical (unpaired) electrons. The second kappa shape index (κ2) is 6.27. The lowest BCUT2D eigenvalue weighted by molar-refractivity contribution is -0.128. The van der Waals surface area contributed by atoms with E-state index in [1.54, 1.807) is 7.11 Å². The van der Waals surface area contributed by atoms with Crippen LogP contribution in [0, 0.1) is 11.8 Å². The van der Waals surface area contributed by atoms with E-state index in [0.29, 0.717) is 18.4 Å². The van der Waals surface area contributed by atoms with Crippen molar-refractivity contribution < 1.29 is 9.53 Å². The number of nitrogens with one attached hydrogen (secondary N) is 1. The Morgan fingerprint density at radius 2 is 1.95 bits per heavy atom. The van der Waals surface area contributed by atoms with Crippen LogP contribution in [-0.2, 0) is 4.79 Å². The van der Waals surface area contributed by atoms with Crippen molar-refractivity contribution in [2.75, 3.05) is 20.2 Å². The first-order valence-electron chi connectivity index (χ1n) is 7.19. The largest absolute Gasteiger partial charge is 0.497 e. The highest BCUT2D eigenvalue weighted by molar-refractivity contribution is 5.81. The van der Waals surface area contributed by atoms with E-state index in [9.17, 15) is 4.79 Å². The van der Waals surface area contributed by atoms with Crippen LogP contribution in [0.5, 0.6) is 5.75 Å². The maximum Gasteiger partial charge on any atom is 0.238 e. The van der Waals surface area contributed by atoms with E-state index in [1.165, 1.54) is 0 Å². The summed E-state index contributed by atoms with van der Waals surface area (Å²) in [6.07, 6.45) is -0.0189. The highest BCUT2D eigenvalue weighted by atomic mass is 16.5. The fourth-order valence-corrected chi connectivity index (χ4v) is 2.35. The normalized spacial score (nSPS) is 20.6. The fourth-order valence-electron chi connectivity index (χ4n) is 2.35. The van der Waals surface area contributed by atoms with E-state index >= 15 is 0 Å². The molecule has 1 aliphatic rings. The molecule has 1 amide bonds. The summed E-state index contributed by atoms with van der Waals surface area (Å²) in [4.78, 5) is 14.0. The molecule has 2 rings (SSSR count). The molecule has 4 heteroatoms. The van der Waals surface area contributed by atoms with E-state index < -0.39 is 0 Å². The lowest BCUT2D eigenvalue weighted by atomic mass is 9.97. The number of carbonyl (C=O) groups is 1. The van der Waals surface area contributed by atoms with Crippen molar-refractivity contribution in [1.82, 2.24) is 10.2 Å². The molecule has 0 saturated carbocycles. The van der Waals surface area contributed by atoms with Crippen LogP contribution in [-0.4, -0.2) is 31.0 Å². The molecular weight excluding hydrogens is 252 g/mol. The molecule has 1 N–H and O–H groups in total. The van der Waals surface area contributed by atoms with Crippen LogP contribution < -0.4 is 10.1 Å². The van der Waals surface area contributed by atoms with Crippen molar-refractivity contribution in [2.24, 2.45) is 11.8 Å². The minimum Gasteiger partial charge on any atom is -0.497 e. The van der Waals surface area contributed by atoms with Crippen molar-refractivity contribution in [3.63, 3.8) is 0 Å². The minimum absolute atomic E-state index is 0.0189. The highest BCUT2D eigenvalue weighted by Crippen LogP contribution is 2.26. The number of hydrogen-bond donors (Lipinski definition) is 1. The lowest BCUT2D eigenvalue weighted by Crippen LogP contribution is -2.35. The Labute approximate surface area is 121 Å². The summed E-state index contributed by atoms with van der Waals surface area (Å²) in [7, 11) is 1.66. The smallest absolute Gasteiger partial charge is 0.238 e. The van der Waals surface area contributed by atoms with E-state index in [4.69, 9.17) is 4.74 Å². The van der Waals surface area contributed by atoms with Gasteiger partial charge in [-0.3, -0.25) is 10.1 Å². The zero-order valence-corrected chi connectivity index (χ0v) is 12.7. The summed E-state index contributed by atoms with van der Waals surface area (Å²) in [5, 5.41) is 3.29. The molecule has 1 saturated heterocycles. The van der Waals surface area contributed by atoms with Gasteiger partial charge in [0.2, 0.25) is 5.91 Å². The standard InChI is InChI=1S/C16H24N2O2/c1-11(2)12(3)10-18-15(19)9-17-16(18)13-5-7-14(20-4)8-6-13/h5-8,11-12,16-17H,9-10H2,1-4H3. The van der Waals surface area contributed by atoms with E-state index in [0.717, 1.165) is 17.9 Å². The molecule has 20 heavy (non-hydrogen) atoms. The van der Waals surface area contributed by atoms with Gasteiger partial charge in [-0.2, -0.15) is 0 Å². The van der Waals surface area contributed by atoms with Crippen molar-refractivity contribution >= 4 is 5.91 Å². The molecule has 1 aliphatic heterocycles. The van der Waals surface area contributed by atoms with Crippen molar-refractivity contribution in [1.29, 1.82) is 0 Å².